The summed E-state index contributed by atoms with van der Waals surface area (Å²) in [4.78, 5) is 13.5. The van der Waals surface area contributed by atoms with Crippen LogP contribution < -0.4 is 5.32 Å². The third-order valence-electron chi connectivity index (χ3n) is 2.33. The number of carbonyl (C=O) groups excluding carboxylic acids is 1. The number of nitrogens with one attached hydrogen (secondary N) is 1. The predicted molar refractivity (Wildman–Crippen MR) is 63.0 cm³/mol. The number of ether oxygens (including phenoxy) is 1. The Bertz CT molecular complexity index is 301. The molecule has 0 aliphatic carbocycles. The summed E-state index contributed by atoms with van der Waals surface area (Å²) in [6, 6.07) is 0.0307. The molecule has 0 saturated carbocycles. The molecule has 1 N–H and O–H groups in total. The highest BCUT2D eigenvalue weighted by atomic mass is 16.6. The van der Waals surface area contributed by atoms with Crippen molar-refractivity contribution in [2.24, 2.45) is 0 Å². The third kappa shape index (κ3) is 3.42. The Morgan fingerprint density at radius 1 is 1.56 bits per heavy atom. The number of hydrogen-bond acceptors (Lipinski definition) is 3. The molecule has 1 heterocycles. The van der Waals surface area contributed by atoms with Crippen molar-refractivity contribution < 1.29 is 9.53 Å². The molecule has 1 fully saturated rings. The summed E-state index contributed by atoms with van der Waals surface area (Å²) in [5.74, 6) is 2.60. The van der Waals surface area contributed by atoms with Gasteiger partial charge in [0, 0.05) is 19.1 Å². The van der Waals surface area contributed by atoms with Gasteiger partial charge in [0.25, 0.3) is 0 Å². The quantitative estimate of drug-likeness (QED) is 0.629. The lowest BCUT2D eigenvalue weighted by molar-refractivity contribution is 0.0143. The number of amides is 1. The highest BCUT2D eigenvalue weighted by molar-refractivity contribution is 5.69. The van der Waals surface area contributed by atoms with Crippen molar-refractivity contribution in [3.8, 4) is 12.3 Å². The van der Waals surface area contributed by atoms with Crippen LogP contribution in [0.3, 0.4) is 0 Å². The monoisotopic (exact) mass is 224 g/mol. The maximum Gasteiger partial charge on any atom is 0.411 e. The summed E-state index contributed by atoms with van der Waals surface area (Å²) in [5.41, 5.74) is -0.482. The fourth-order valence-corrected chi connectivity index (χ4v) is 1.58. The average Bonchev–Trinajstić information content (AvgIpc) is 2.15. The van der Waals surface area contributed by atoms with Crippen LogP contribution in [0.2, 0.25) is 0 Å². The van der Waals surface area contributed by atoms with Crippen molar-refractivity contribution in [1.82, 2.24) is 10.2 Å². The van der Waals surface area contributed by atoms with Crippen LogP contribution in [0.5, 0.6) is 0 Å². The lowest BCUT2D eigenvalue weighted by Gasteiger charge is -2.37. The van der Waals surface area contributed by atoms with Gasteiger partial charge >= 0.3 is 6.09 Å². The van der Waals surface area contributed by atoms with Crippen molar-refractivity contribution >= 4 is 6.09 Å². The van der Waals surface area contributed by atoms with E-state index in [4.69, 9.17) is 11.2 Å². The molecule has 0 aromatic carbocycles. The van der Waals surface area contributed by atoms with E-state index in [9.17, 15) is 4.79 Å². The van der Waals surface area contributed by atoms with E-state index in [2.05, 4.69) is 11.2 Å². The molecule has 4 nitrogen and oxygen atoms in total. The number of rotatable bonds is 0. The summed E-state index contributed by atoms with van der Waals surface area (Å²) in [6.45, 7) is 8.77. The second-order valence-corrected chi connectivity index (χ2v) is 5.12. The Labute approximate surface area is 97.3 Å². The van der Waals surface area contributed by atoms with E-state index >= 15 is 0 Å². The Morgan fingerprint density at radius 2 is 2.19 bits per heavy atom. The van der Waals surface area contributed by atoms with E-state index in [0.29, 0.717) is 13.1 Å². The fourth-order valence-electron chi connectivity index (χ4n) is 1.58. The van der Waals surface area contributed by atoms with E-state index in [-0.39, 0.29) is 18.2 Å². The van der Waals surface area contributed by atoms with Crippen molar-refractivity contribution in [2.75, 3.05) is 13.1 Å². The zero-order chi connectivity index (χ0) is 12.3. The second kappa shape index (κ2) is 4.75. The van der Waals surface area contributed by atoms with E-state index < -0.39 is 5.60 Å². The number of terminal acetylenes is 1. The number of hydrogen-bond donors (Lipinski definition) is 1. The first kappa shape index (κ1) is 12.9. The van der Waals surface area contributed by atoms with Crippen molar-refractivity contribution in [1.29, 1.82) is 0 Å². The topological polar surface area (TPSA) is 41.6 Å². The number of piperazine rings is 1. The van der Waals surface area contributed by atoms with E-state index in [1.165, 1.54) is 0 Å². The van der Waals surface area contributed by atoms with Gasteiger partial charge in [0.2, 0.25) is 0 Å². The molecule has 1 rings (SSSR count). The number of carbonyl (C=O) groups is 1. The molecule has 0 radical (unpaired) electrons. The van der Waals surface area contributed by atoms with Gasteiger partial charge in [0.15, 0.2) is 0 Å². The molecule has 16 heavy (non-hydrogen) atoms. The van der Waals surface area contributed by atoms with Crippen LogP contribution in [0, 0.1) is 12.3 Å². The van der Waals surface area contributed by atoms with Crippen LogP contribution >= 0.6 is 0 Å². The molecule has 1 aliphatic rings. The molecule has 0 aromatic rings. The zero-order valence-electron chi connectivity index (χ0n) is 10.4. The Hall–Kier alpha value is -1.21. The maximum atomic E-state index is 11.9. The van der Waals surface area contributed by atoms with Crippen LogP contribution in [0.1, 0.15) is 27.7 Å². The summed E-state index contributed by atoms with van der Waals surface area (Å²) in [5, 5.41) is 3.24. The molecule has 0 bridgehead atoms. The molecule has 4 heteroatoms. The summed E-state index contributed by atoms with van der Waals surface area (Å²) in [6.07, 6.45) is 5.07. The van der Waals surface area contributed by atoms with Crippen LogP contribution in [-0.2, 0) is 4.74 Å². The molecular formula is C12H20N2O2. The molecule has 1 amide bonds. The van der Waals surface area contributed by atoms with Gasteiger partial charge in [-0.1, -0.05) is 5.92 Å². The fraction of sp³-hybridized carbons (Fsp3) is 0.750. The molecular weight excluding hydrogens is 204 g/mol. The molecule has 0 unspecified atom stereocenters. The third-order valence-corrected chi connectivity index (χ3v) is 2.33. The molecule has 2 atom stereocenters. The first-order valence-corrected chi connectivity index (χ1v) is 5.52. The van der Waals surface area contributed by atoms with Gasteiger partial charge in [-0.15, -0.1) is 6.42 Å². The highest BCUT2D eigenvalue weighted by Crippen LogP contribution is 2.14. The summed E-state index contributed by atoms with van der Waals surface area (Å²) < 4.78 is 5.32. The summed E-state index contributed by atoms with van der Waals surface area (Å²) in [7, 11) is 0. The van der Waals surface area contributed by atoms with Gasteiger partial charge in [-0.3, -0.25) is 4.90 Å². The predicted octanol–water partition coefficient (Wildman–Crippen LogP) is 1.22. The van der Waals surface area contributed by atoms with E-state index in [1.54, 1.807) is 4.90 Å². The minimum absolute atomic E-state index is 0.217. The summed E-state index contributed by atoms with van der Waals surface area (Å²) >= 11 is 0. The van der Waals surface area contributed by atoms with Crippen LogP contribution in [0.4, 0.5) is 4.79 Å². The van der Waals surface area contributed by atoms with Gasteiger partial charge in [0.05, 0.1) is 0 Å². The van der Waals surface area contributed by atoms with Crippen LogP contribution in [-0.4, -0.2) is 41.8 Å². The lowest BCUT2D eigenvalue weighted by atomic mass is 10.1. The smallest absolute Gasteiger partial charge is 0.411 e. The SMILES string of the molecule is C#C[C@H]1CN[C@@H](C)CN1C(=O)OC(C)(C)C. The van der Waals surface area contributed by atoms with Crippen LogP contribution in [0.25, 0.3) is 0 Å². The Balaban J connectivity index is 2.68. The zero-order valence-corrected chi connectivity index (χ0v) is 10.4. The van der Waals surface area contributed by atoms with Gasteiger partial charge in [-0.2, -0.15) is 0 Å². The van der Waals surface area contributed by atoms with Gasteiger partial charge in [-0.05, 0) is 27.7 Å². The minimum Gasteiger partial charge on any atom is -0.444 e. The van der Waals surface area contributed by atoms with Gasteiger partial charge in [-0.25, -0.2) is 4.79 Å². The van der Waals surface area contributed by atoms with Gasteiger partial charge in [0.1, 0.15) is 11.6 Å². The molecule has 90 valence electrons. The first-order valence-electron chi connectivity index (χ1n) is 5.52. The molecule has 0 aromatic heterocycles. The van der Waals surface area contributed by atoms with E-state index in [1.807, 2.05) is 27.7 Å². The lowest BCUT2D eigenvalue weighted by Crippen LogP contribution is -2.57. The normalized spacial score (nSPS) is 26.1. The average molecular weight is 224 g/mol. The second-order valence-electron chi connectivity index (χ2n) is 5.12. The highest BCUT2D eigenvalue weighted by Gasteiger charge is 2.31. The van der Waals surface area contributed by atoms with E-state index in [0.717, 1.165) is 0 Å². The minimum atomic E-state index is -0.482. The molecule has 1 saturated heterocycles. The van der Waals surface area contributed by atoms with Crippen LogP contribution in [0.15, 0.2) is 0 Å². The standard InChI is InChI=1S/C12H20N2O2/c1-6-10-7-13-9(2)8-14(10)11(15)16-12(3,4)5/h1,9-10,13H,7-8H2,2-5H3/t9-,10-/m0/s1. The maximum absolute atomic E-state index is 11.9. The van der Waals surface area contributed by atoms with Gasteiger partial charge < -0.3 is 10.1 Å². The Morgan fingerprint density at radius 3 is 2.69 bits per heavy atom. The van der Waals surface area contributed by atoms with Crippen molar-refractivity contribution in [3.63, 3.8) is 0 Å². The molecule has 0 spiro atoms. The Kier molecular flexibility index (Phi) is 3.82. The van der Waals surface area contributed by atoms with Crippen molar-refractivity contribution in [2.45, 2.75) is 45.4 Å². The van der Waals surface area contributed by atoms with Crippen molar-refractivity contribution in [3.05, 3.63) is 0 Å². The largest absolute Gasteiger partial charge is 0.444 e. The first-order chi connectivity index (χ1) is 7.33. The molecule has 1 aliphatic heterocycles. The number of nitrogens with zero attached hydrogens (tertiary/aromatic N) is 1.